The number of aliphatic hydroxyl groups is 1. The van der Waals surface area contributed by atoms with E-state index in [1.54, 1.807) is 0 Å². The molecule has 0 bridgehead atoms. The summed E-state index contributed by atoms with van der Waals surface area (Å²) < 4.78 is 0. The van der Waals surface area contributed by atoms with E-state index >= 15 is 0 Å². The summed E-state index contributed by atoms with van der Waals surface area (Å²) in [6.07, 6.45) is 8.40. The minimum Gasteiger partial charge on any atom is -0.394 e. The number of rotatable bonds is 1. The van der Waals surface area contributed by atoms with Crippen molar-refractivity contribution < 1.29 is 5.11 Å². The van der Waals surface area contributed by atoms with Crippen LogP contribution < -0.4 is 0 Å². The molecule has 2 heterocycles. The van der Waals surface area contributed by atoms with E-state index < -0.39 is 0 Å². The zero-order chi connectivity index (χ0) is 8.23. The molecule has 1 saturated carbocycles. The lowest BCUT2D eigenvalue weighted by Gasteiger charge is -2.28. The summed E-state index contributed by atoms with van der Waals surface area (Å²) in [5, 5.41) is 9.39. The van der Waals surface area contributed by atoms with Gasteiger partial charge in [-0.15, -0.1) is 0 Å². The fourth-order valence-electron chi connectivity index (χ4n) is 2.91. The Bertz CT molecular complexity index is 244. The Morgan fingerprint density at radius 1 is 1.42 bits per heavy atom. The van der Waals surface area contributed by atoms with Gasteiger partial charge in [0.05, 0.1) is 12.1 Å². The Kier molecular flexibility index (Phi) is 1.15. The number of fused-ring (bicyclic) bond motifs is 1. The molecule has 2 aliphatic heterocycles. The normalized spacial score (nSPS) is 42.4. The summed E-state index contributed by atoms with van der Waals surface area (Å²) in [5.74, 6) is 0. The lowest BCUT2D eigenvalue weighted by Crippen LogP contribution is -2.41. The summed E-state index contributed by atoms with van der Waals surface area (Å²) in [4.78, 5) is 2.44. The number of aliphatic hydroxyl groups excluding tert-OH is 1. The molecular weight excluding hydrogens is 150 g/mol. The van der Waals surface area contributed by atoms with Crippen molar-refractivity contribution in [3.05, 3.63) is 12.2 Å². The van der Waals surface area contributed by atoms with Crippen LogP contribution in [0.4, 0.5) is 0 Å². The molecule has 2 nitrogen and oxygen atoms in total. The van der Waals surface area contributed by atoms with Gasteiger partial charge in [0, 0.05) is 13.1 Å². The molecule has 1 spiro atoms. The van der Waals surface area contributed by atoms with E-state index in [0.717, 1.165) is 6.54 Å². The van der Waals surface area contributed by atoms with Crippen LogP contribution in [0.2, 0.25) is 0 Å². The minimum atomic E-state index is 0.0521. The predicted molar refractivity (Wildman–Crippen MR) is 46.8 cm³/mol. The summed E-state index contributed by atoms with van der Waals surface area (Å²) >= 11 is 0. The topological polar surface area (TPSA) is 23.5 Å². The van der Waals surface area contributed by atoms with Crippen molar-refractivity contribution >= 4 is 0 Å². The Morgan fingerprint density at radius 2 is 2.25 bits per heavy atom. The maximum Gasteiger partial charge on any atom is 0.0651 e. The van der Waals surface area contributed by atoms with Crippen molar-refractivity contribution in [3.8, 4) is 0 Å². The Balaban J connectivity index is 1.93. The van der Waals surface area contributed by atoms with Gasteiger partial charge in [0.25, 0.3) is 0 Å². The highest BCUT2D eigenvalue weighted by molar-refractivity contribution is 5.24. The highest BCUT2D eigenvalue weighted by atomic mass is 16.3. The Morgan fingerprint density at radius 3 is 2.83 bits per heavy atom. The second kappa shape index (κ2) is 1.94. The van der Waals surface area contributed by atoms with Crippen LogP contribution in [0.25, 0.3) is 0 Å². The molecule has 0 aromatic heterocycles. The van der Waals surface area contributed by atoms with E-state index in [-0.39, 0.29) is 5.54 Å². The molecule has 0 radical (unpaired) electrons. The lowest BCUT2D eigenvalue weighted by molar-refractivity contribution is 0.124. The zero-order valence-corrected chi connectivity index (χ0v) is 7.29. The van der Waals surface area contributed by atoms with E-state index in [9.17, 15) is 5.11 Å². The molecular formula is C10H15NO. The molecule has 0 aromatic carbocycles. The number of hydrogen-bond donors (Lipinski definition) is 1. The second-order valence-electron chi connectivity index (χ2n) is 4.72. The summed E-state index contributed by atoms with van der Waals surface area (Å²) in [6.45, 7) is 2.59. The first kappa shape index (κ1) is 7.10. The van der Waals surface area contributed by atoms with Crippen LogP contribution in [-0.4, -0.2) is 35.2 Å². The molecule has 3 aliphatic rings. The van der Waals surface area contributed by atoms with Gasteiger partial charge >= 0.3 is 0 Å². The summed E-state index contributed by atoms with van der Waals surface area (Å²) in [7, 11) is 0. The Labute approximate surface area is 72.9 Å². The smallest absolute Gasteiger partial charge is 0.0651 e. The molecule has 1 saturated heterocycles. The maximum absolute atomic E-state index is 9.39. The van der Waals surface area contributed by atoms with Crippen LogP contribution in [0.1, 0.15) is 19.3 Å². The van der Waals surface area contributed by atoms with Gasteiger partial charge in [0.2, 0.25) is 0 Å². The standard InChI is InChI=1S/C10H15NO/c12-8-10-2-1-5-11(10)7-9(6-10)3-4-9/h1-2,12H,3-8H2. The third-order valence-corrected chi connectivity index (χ3v) is 3.82. The predicted octanol–water partition coefficient (Wildman–Crippen LogP) is 0.773. The summed E-state index contributed by atoms with van der Waals surface area (Å²) in [6, 6.07) is 0. The third-order valence-electron chi connectivity index (χ3n) is 3.82. The van der Waals surface area contributed by atoms with Crippen LogP contribution in [0, 0.1) is 5.41 Å². The first-order chi connectivity index (χ1) is 5.79. The quantitative estimate of drug-likeness (QED) is 0.580. The highest BCUT2D eigenvalue weighted by Crippen LogP contribution is 2.59. The van der Waals surface area contributed by atoms with Gasteiger partial charge in [0.15, 0.2) is 0 Å². The molecule has 1 aliphatic carbocycles. The number of nitrogens with zero attached hydrogens (tertiary/aromatic N) is 1. The molecule has 1 atom stereocenters. The van der Waals surface area contributed by atoms with Crippen LogP contribution in [-0.2, 0) is 0 Å². The van der Waals surface area contributed by atoms with Crippen LogP contribution in [0.3, 0.4) is 0 Å². The molecule has 0 amide bonds. The largest absolute Gasteiger partial charge is 0.394 e. The fraction of sp³-hybridized carbons (Fsp3) is 0.800. The third kappa shape index (κ3) is 0.723. The van der Waals surface area contributed by atoms with E-state index in [1.807, 2.05) is 0 Å². The van der Waals surface area contributed by atoms with Gasteiger partial charge in [-0.3, -0.25) is 4.90 Å². The zero-order valence-electron chi connectivity index (χ0n) is 7.29. The van der Waals surface area contributed by atoms with Gasteiger partial charge in [-0.25, -0.2) is 0 Å². The number of hydrogen-bond acceptors (Lipinski definition) is 2. The van der Waals surface area contributed by atoms with Crippen molar-refractivity contribution in [1.82, 2.24) is 4.90 Å². The van der Waals surface area contributed by atoms with E-state index in [1.165, 1.54) is 25.8 Å². The fourth-order valence-corrected chi connectivity index (χ4v) is 2.91. The minimum absolute atomic E-state index is 0.0521. The van der Waals surface area contributed by atoms with E-state index in [2.05, 4.69) is 17.1 Å². The molecule has 66 valence electrons. The Hall–Kier alpha value is -0.340. The monoisotopic (exact) mass is 165 g/mol. The van der Waals surface area contributed by atoms with Gasteiger partial charge in [-0.05, 0) is 24.7 Å². The van der Waals surface area contributed by atoms with Crippen LogP contribution in [0.5, 0.6) is 0 Å². The highest BCUT2D eigenvalue weighted by Gasteiger charge is 2.58. The second-order valence-corrected chi connectivity index (χ2v) is 4.72. The molecule has 3 rings (SSSR count). The molecule has 12 heavy (non-hydrogen) atoms. The molecule has 1 N–H and O–H groups in total. The molecule has 1 unspecified atom stereocenters. The van der Waals surface area contributed by atoms with Gasteiger partial charge < -0.3 is 5.11 Å². The molecule has 0 aromatic rings. The van der Waals surface area contributed by atoms with Crippen molar-refractivity contribution in [1.29, 1.82) is 0 Å². The first-order valence-corrected chi connectivity index (χ1v) is 4.82. The maximum atomic E-state index is 9.39. The van der Waals surface area contributed by atoms with Crippen molar-refractivity contribution in [2.24, 2.45) is 5.41 Å². The summed E-state index contributed by atoms with van der Waals surface area (Å²) in [5.41, 5.74) is 0.671. The van der Waals surface area contributed by atoms with Crippen LogP contribution >= 0.6 is 0 Å². The average Bonchev–Trinajstić information content (AvgIpc) is 2.53. The van der Waals surface area contributed by atoms with Gasteiger partial charge in [-0.1, -0.05) is 12.2 Å². The SMILES string of the molecule is OCC12C=CCN1CC1(CC1)C2. The molecule has 2 heteroatoms. The lowest BCUT2D eigenvalue weighted by atomic mass is 9.92. The van der Waals surface area contributed by atoms with Gasteiger partial charge in [-0.2, -0.15) is 0 Å². The molecule has 2 fully saturated rings. The van der Waals surface area contributed by atoms with Gasteiger partial charge in [0.1, 0.15) is 0 Å². The van der Waals surface area contributed by atoms with E-state index in [4.69, 9.17) is 0 Å². The van der Waals surface area contributed by atoms with E-state index in [0.29, 0.717) is 12.0 Å². The first-order valence-electron chi connectivity index (χ1n) is 4.82. The average molecular weight is 165 g/mol. The van der Waals surface area contributed by atoms with Crippen molar-refractivity contribution in [2.75, 3.05) is 19.7 Å². The van der Waals surface area contributed by atoms with Crippen molar-refractivity contribution in [3.63, 3.8) is 0 Å². The van der Waals surface area contributed by atoms with Crippen molar-refractivity contribution in [2.45, 2.75) is 24.8 Å². The van der Waals surface area contributed by atoms with Crippen LogP contribution in [0.15, 0.2) is 12.2 Å².